The second-order valence-corrected chi connectivity index (χ2v) is 5.36. The van der Waals surface area contributed by atoms with Gasteiger partial charge >= 0.3 is 0 Å². The van der Waals surface area contributed by atoms with Crippen molar-refractivity contribution in [1.82, 2.24) is 4.98 Å². The maximum Gasteiger partial charge on any atom is 0.0468 e. The molecule has 0 atom stereocenters. The largest absolute Gasteiger partial charge is 0.358 e. The predicted octanol–water partition coefficient (Wildman–Crippen LogP) is 6.30. The highest BCUT2D eigenvalue weighted by atomic mass is 14.7. The molecule has 0 bridgehead atoms. The first-order valence-corrected chi connectivity index (χ1v) is 7.44. The number of hydrogen-bond acceptors (Lipinski definition) is 0. The smallest absolute Gasteiger partial charge is 0.0468 e. The maximum atomic E-state index is 3.98. The summed E-state index contributed by atoms with van der Waals surface area (Å²) in [4.78, 5) is 3.48. The van der Waals surface area contributed by atoms with Gasteiger partial charge in [-0.05, 0) is 55.2 Å². The van der Waals surface area contributed by atoms with E-state index in [9.17, 15) is 0 Å². The van der Waals surface area contributed by atoms with Gasteiger partial charge in [0.2, 0.25) is 0 Å². The lowest BCUT2D eigenvalue weighted by Crippen LogP contribution is -1.87. The standard InChI is InChI=1S/C21H23N/c1-7-11-17-12-19-20(13-16(17)9-3)22-15(6)21(19)18(10-4)14(5)8-2/h7-13,22H,2-4H2,1,5-6H3/b11-7-,18-14-. The number of nitrogens with one attached hydrogen (secondary N) is 1. The molecule has 0 saturated carbocycles. The lowest BCUT2D eigenvalue weighted by atomic mass is 9.95. The normalized spacial score (nSPS) is 12.5. The number of aromatic amines is 1. The number of allylic oxidation sites excluding steroid dienone is 5. The summed E-state index contributed by atoms with van der Waals surface area (Å²) >= 11 is 0. The fourth-order valence-electron chi connectivity index (χ4n) is 2.83. The Morgan fingerprint density at radius 3 is 2.36 bits per heavy atom. The zero-order valence-electron chi connectivity index (χ0n) is 13.7. The number of hydrogen-bond donors (Lipinski definition) is 1. The molecule has 0 aliphatic heterocycles. The van der Waals surface area contributed by atoms with Crippen LogP contribution >= 0.6 is 0 Å². The summed E-state index contributed by atoms with van der Waals surface area (Å²) in [6.45, 7) is 18.0. The van der Waals surface area contributed by atoms with Crippen molar-refractivity contribution in [2.75, 3.05) is 0 Å². The number of rotatable bonds is 5. The third-order valence-corrected chi connectivity index (χ3v) is 3.96. The quantitative estimate of drug-likeness (QED) is 0.622. The zero-order chi connectivity index (χ0) is 16.3. The van der Waals surface area contributed by atoms with E-state index in [0.717, 1.165) is 27.9 Å². The van der Waals surface area contributed by atoms with Crippen molar-refractivity contribution in [1.29, 1.82) is 0 Å². The highest BCUT2D eigenvalue weighted by molar-refractivity contribution is 5.99. The van der Waals surface area contributed by atoms with Gasteiger partial charge in [0, 0.05) is 22.2 Å². The first kappa shape index (κ1) is 15.8. The predicted molar refractivity (Wildman–Crippen MR) is 101 cm³/mol. The first-order chi connectivity index (χ1) is 10.6. The Labute approximate surface area is 133 Å². The minimum Gasteiger partial charge on any atom is -0.358 e. The van der Waals surface area contributed by atoms with Crippen LogP contribution in [0, 0.1) is 6.92 Å². The van der Waals surface area contributed by atoms with Gasteiger partial charge in [-0.3, -0.25) is 0 Å². The summed E-state index contributed by atoms with van der Waals surface area (Å²) < 4.78 is 0. The van der Waals surface area contributed by atoms with Crippen LogP contribution in [0.2, 0.25) is 0 Å². The number of aryl methyl sites for hydroxylation is 1. The molecular formula is C21H23N. The molecule has 1 N–H and O–H groups in total. The second kappa shape index (κ2) is 6.48. The van der Waals surface area contributed by atoms with Gasteiger partial charge in [-0.2, -0.15) is 0 Å². The average molecular weight is 289 g/mol. The van der Waals surface area contributed by atoms with E-state index >= 15 is 0 Å². The monoisotopic (exact) mass is 289 g/mol. The number of fused-ring (bicyclic) bond motifs is 1. The molecule has 0 saturated heterocycles. The summed E-state index contributed by atoms with van der Waals surface area (Å²) in [5.41, 5.74) is 8.00. The van der Waals surface area contributed by atoms with Gasteiger partial charge in [0.05, 0.1) is 0 Å². The molecule has 112 valence electrons. The van der Waals surface area contributed by atoms with Crippen molar-refractivity contribution in [3.8, 4) is 0 Å². The molecular weight excluding hydrogens is 266 g/mol. The Morgan fingerprint density at radius 2 is 1.82 bits per heavy atom. The van der Waals surface area contributed by atoms with E-state index in [2.05, 4.69) is 56.8 Å². The molecule has 1 heteroatoms. The fourth-order valence-corrected chi connectivity index (χ4v) is 2.83. The van der Waals surface area contributed by atoms with Crippen LogP contribution < -0.4 is 0 Å². The Kier molecular flexibility index (Phi) is 4.67. The third kappa shape index (κ3) is 2.62. The van der Waals surface area contributed by atoms with E-state index in [1.54, 1.807) is 0 Å². The van der Waals surface area contributed by atoms with Crippen LogP contribution in [0.3, 0.4) is 0 Å². The Bertz CT molecular complexity index is 810. The van der Waals surface area contributed by atoms with Crippen LogP contribution in [0.1, 0.15) is 36.2 Å². The molecule has 1 aromatic carbocycles. The molecule has 0 amide bonds. The van der Waals surface area contributed by atoms with E-state index in [1.807, 2.05) is 31.2 Å². The number of H-pyrrole nitrogens is 1. The lowest BCUT2D eigenvalue weighted by molar-refractivity contribution is 1.28. The van der Waals surface area contributed by atoms with Crippen LogP contribution in [0.15, 0.2) is 55.7 Å². The second-order valence-electron chi connectivity index (χ2n) is 5.36. The summed E-state index contributed by atoms with van der Waals surface area (Å²) in [6.07, 6.45) is 9.83. The number of benzene rings is 1. The fraction of sp³-hybridized carbons (Fsp3) is 0.143. The summed E-state index contributed by atoms with van der Waals surface area (Å²) in [5.74, 6) is 0. The van der Waals surface area contributed by atoms with Crippen molar-refractivity contribution >= 4 is 28.6 Å². The van der Waals surface area contributed by atoms with Crippen LogP contribution in [0.25, 0.3) is 28.6 Å². The summed E-state index contributed by atoms with van der Waals surface area (Å²) in [7, 11) is 0. The molecule has 0 radical (unpaired) electrons. The Balaban J connectivity index is 2.89. The van der Waals surface area contributed by atoms with E-state index in [1.165, 1.54) is 16.5 Å². The van der Waals surface area contributed by atoms with Gasteiger partial charge in [-0.1, -0.05) is 50.1 Å². The molecule has 0 unspecified atom stereocenters. The van der Waals surface area contributed by atoms with Gasteiger partial charge in [-0.15, -0.1) is 0 Å². The van der Waals surface area contributed by atoms with Gasteiger partial charge < -0.3 is 4.98 Å². The van der Waals surface area contributed by atoms with Gasteiger partial charge in [0.1, 0.15) is 0 Å². The molecule has 1 heterocycles. The van der Waals surface area contributed by atoms with Crippen LogP contribution in [-0.2, 0) is 0 Å². The van der Waals surface area contributed by atoms with E-state index in [-0.39, 0.29) is 0 Å². The van der Waals surface area contributed by atoms with E-state index in [0.29, 0.717) is 0 Å². The van der Waals surface area contributed by atoms with Crippen LogP contribution in [-0.4, -0.2) is 4.98 Å². The topological polar surface area (TPSA) is 15.8 Å². The van der Waals surface area contributed by atoms with E-state index < -0.39 is 0 Å². The SMILES string of the molecule is C=C/C(C)=C(/C=C)c1c(C)[nH]c2cc(C=C)c(/C=C\C)cc12. The summed E-state index contributed by atoms with van der Waals surface area (Å²) in [5, 5.41) is 1.20. The highest BCUT2D eigenvalue weighted by Crippen LogP contribution is 2.33. The molecule has 0 aliphatic carbocycles. The molecule has 2 rings (SSSR count). The molecule has 1 aromatic heterocycles. The van der Waals surface area contributed by atoms with Crippen LogP contribution in [0.5, 0.6) is 0 Å². The molecule has 1 nitrogen and oxygen atoms in total. The number of aromatic nitrogens is 1. The van der Waals surface area contributed by atoms with E-state index in [4.69, 9.17) is 0 Å². The third-order valence-electron chi connectivity index (χ3n) is 3.96. The zero-order valence-corrected chi connectivity index (χ0v) is 13.7. The molecule has 0 spiro atoms. The van der Waals surface area contributed by atoms with Crippen molar-refractivity contribution in [2.45, 2.75) is 20.8 Å². The van der Waals surface area contributed by atoms with Crippen molar-refractivity contribution < 1.29 is 0 Å². The summed E-state index contributed by atoms with van der Waals surface area (Å²) in [6, 6.07) is 4.36. The molecule has 22 heavy (non-hydrogen) atoms. The Hall–Kier alpha value is -2.54. The van der Waals surface area contributed by atoms with Crippen LogP contribution in [0.4, 0.5) is 0 Å². The van der Waals surface area contributed by atoms with Crippen molar-refractivity contribution in [2.24, 2.45) is 0 Å². The molecule has 2 aromatic rings. The highest BCUT2D eigenvalue weighted by Gasteiger charge is 2.14. The van der Waals surface area contributed by atoms with Gasteiger partial charge in [-0.25, -0.2) is 0 Å². The maximum absolute atomic E-state index is 3.98. The average Bonchev–Trinajstić information content (AvgIpc) is 2.83. The Morgan fingerprint density at radius 1 is 1.09 bits per heavy atom. The van der Waals surface area contributed by atoms with Crippen molar-refractivity contribution in [3.05, 3.63) is 78.1 Å². The van der Waals surface area contributed by atoms with Crippen molar-refractivity contribution in [3.63, 3.8) is 0 Å². The minimum atomic E-state index is 1.12. The first-order valence-electron chi connectivity index (χ1n) is 7.44. The molecule has 0 fully saturated rings. The van der Waals surface area contributed by atoms with Gasteiger partial charge in [0.15, 0.2) is 0 Å². The minimum absolute atomic E-state index is 1.12. The molecule has 0 aliphatic rings. The van der Waals surface area contributed by atoms with Gasteiger partial charge in [0.25, 0.3) is 0 Å². The lowest BCUT2D eigenvalue weighted by Gasteiger charge is -2.08.